The fourth-order valence-electron chi connectivity index (χ4n) is 2.36. The van der Waals surface area contributed by atoms with E-state index in [1.54, 1.807) is 24.3 Å². The van der Waals surface area contributed by atoms with Crippen LogP contribution >= 0.6 is 24.0 Å². The number of benzene rings is 2. The van der Waals surface area contributed by atoms with E-state index in [0.29, 0.717) is 32.8 Å². The molecule has 2 aromatic carbocycles. The molecule has 0 aromatic heterocycles. The Morgan fingerprint density at radius 1 is 1.32 bits per heavy atom. The van der Waals surface area contributed by atoms with Gasteiger partial charge in [0, 0.05) is 0 Å². The van der Waals surface area contributed by atoms with Crippen molar-refractivity contribution in [3.8, 4) is 11.5 Å². The van der Waals surface area contributed by atoms with E-state index in [0.717, 1.165) is 11.8 Å². The van der Waals surface area contributed by atoms with Crippen LogP contribution < -0.4 is 9.64 Å². The number of carbonyl (C=O) groups excluding carboxylic acids is 1. The Labute approximate surface area is 153 Å². The molecule has 0 spiro atoms. The van der Waals surface area contributed by atoms with Crippen molar-refractivity contribution in [2.75, 3.05) is 11.5 Å². The van der Waals surface area contributed by atoms with E-state index in [1.165, 1.54) is 29.2 Å². The zero-order valence-corrected chi connectivity index (χ0v) is 14.9. The molecule has 0 aliphatic carbocycles. The molecule has 0 radical (unpaired) electrons. The average molecular weight is 375 g/mol. The summed E-state index contributed by atoms with van der Waals surface area (Å²) < 4.78 is 19.0. The van der Waals surface area contributed by atoms with Gasteiger partial charge in [0.05, 0.1) is 17.2 Å². The number of thiocarbonyl (C=S) groups is 1. The molecule has 1 aliphatic heterocycles. The summed E-state index contributed by atoms with van der Waals surface area (Å²) in [6, 6.07) is 10.6. The van der Waals surface area contributed by atoms with E-state index in [9.17, 15) is 14.3 Å². The number of hydrogen-bond acceptors (Lipinski definition) is 5. The molecule has 25 heavy (non-hydrogen) atoms. The van der Waals surface area contributed by atoms with Crippen LogP contribution in [0.3, 0.4) is 0 Å². The fraction of sp³-hybridized carbons (Fsp3) is 0.111. The van der Waals surface area contributed by atoms with Crippen molar-refractivity contribution in [2.24, 2.45) is 0 Å². The highest BCUT2D eigenvalue weighted by molar-refractivity contribution is 8.27. The van der Waals surface area contributed by atoms with Crippen molar-refractivity contribution < 1.29 is 19.0 Å². The number of aromatic hydroxyl groups is 1. The molecule has 0 bridgehead atoms. The molecule has 3 rings (SSSR count). The van der Waals surface area contributed by atoms with Gasteiger partial charge in [-0.25, -0.2) is 4.39 Å². The highest BCUT2D eigenvalue weighted by Gasteiger charge is 2.33. The Hall–Kier alpha value is -2.38. The summed E-state index contributed by atoms with van der Waals surface area (Å²) in [6.45, 7) is 2.27. The molecule has 4 nitrogen and oxygen atoms in total. The maximum Gasteiger partial charge on any atom is 0.270 e. The molecule has 0 unspecified atom stereocenters. The number of anilines is 1. The summed E-state index contributed by atoms with van der Waals surface area (Å²) in [5.41, 5.74) is 1.03. The number of rotatable bonds is 4. The second-order valence-corrected chi connectivity index (χ2v) is 6.83. The summed E-state index contributed by atoms with van der Waals surface area (Å²) in [7, 11) is 0. The normalized spacial score (nSPS) is 15.9. The minimum absolute atomic E-state index is 0.00351. The third-order valence-corrected chi connectivity index (χ3v) is 4.74. The minimum Gasteiger partial charge on any atom is -0.504 e. The average Bonchev–Trinajstić information content (AvgIpc) is 2.84. The number of carbonyl (C=O) groups is 1. The number of halogens is 1. The van der Waals surface area contributed by atoms with Crippen LogP contribution in [0.2, 0.25) is 0 Å². The molecule has 1 heterocycles. The number of amides is 1. The molecule has 1 fully saturated rings. The van der Waals surface area contributed by atoms with Crippen molar-refractivity contribution in [3.63, 3.8) is 0 Å². The van der Waals surface area contributed by atoms with Gasteiger partial charge in [-0.15, -0.1) is 0 Å². The minimum atomic E-state index is -0.438. The van der Waals surface area contributed by atoms with Gasteiger partial charge in [-0.3, -0.25) is 9.69 Å². The van der Waals surface area contributed by atoms with E-state index < -0.39 is 5.82 Å². The molecule has 128 valence electrons. The van der Waals surface area contributed by atoms with E-state index in [4.69, 9.17) is 17.0 Å². The number of phenols is 1. The van der Waals surface area contributed by atoms with Crippen LogP contribution in [-0.2, 0) is 4.79 Å². The first-order valence-corrected chi connectivity index (χ1v) is 8.71. The molecular formula is C18H14FNO3S2. The van der Waals surface area contributed by atoms with Crippen LogP contribution in [-0.4, -0.2) is 21.9 Å². The van der Waals surface area contributed by atoms with E-state index in [1.807, 2.05) is 6.92 Å². The van der Waals surface area contributed by atoms with E-state index in [-0.39, 0.29) is 11.7 Å². The van der Waals surface area contributed by atoms with Crippen molar-refractivity contribution >= 4 is 46.0 Å². The topological polar surface area (TPSA) is 49.8 Å². The van der Waals surface area contributed by atoms with Gasteiger partial charge < -0.3 is 9.84 Å². The Morgan fingerprint density at radius 3 is 2.80 bits per heavy atom. The molecule has 7 heteroatoms. The van der Waals surface area contributed by atoms with Gasteiger partial charge in [0.2, 0.25) is 0 Å². The highest BCUT2D eigenvalue weighted by atomic mass is 32.2. The lowest BCUT2D eigenvalue weighted by Gasteiger charge is -2.14. The molecule has 1 N–H and O–H groups in total. The fourth-order valence-corrected chi connectivity index (χ4v) is 3.66. The quantitative estimate of drug-likeness (QED) is 0.636. The summed E-state index contributed by atoms with van der Waals surface area (Å²) in [6.07, 6.45) is 1.63. The monoisotopic (exact) mass is 375 g/mol. The summed E-state index contributed by atoms with van der Waals surface area (Å²) in [5.74, 6) is -0.385. The first-order valence-electron chi connectivity index (χ1n) is 7.49. The molecular weight excluding hydrogens is 361 g/mol. The van der Waals surface area contributed by atoms with Gasteiger partial charge in [0.15, 0.2) is 15.8 Å². The maximum atomic E-state index is 13.4. The summed E-state index contributed by atoms with van der Waals surface area (Å²) >= 11 is 6.38. The SMILES string of the molecule is CCOc1ccc(C=C2SC(=S)N(c3cccc(F)c3)C2=O)cc1O. The second kappa shape index (κ2) is 7.25. The number of phenolic OH excluding ortho intramolecular Hbond substituents is 1. The first kappa shape index (κ1) is 17.4. The Kier molecular flexibility index (Phi) is 5.06. The van der Waals surface area contributed by atoms with Crippen LogP contribution in [0.25, 0.3) is 6.08 Å². The number of thioether (sulfide) groups is 1. The van der Waals surface area contributed by atoms with Crippen molar-refractivity contribution in [2.45, 2.75) is 6.92 Å². The molecule has 2 aromatic rings. The standard InChI is InChI=1S/C18H14FNO3S2/c1-2-23-15-7-6-11(8-14(15)21)9-16-17(22)20(18(24)25-16)13-5-3-4-12(19)10-13/h3-10,21H,2H2,1H3. The van der Waals surface area contributed by atoms with Crippen LogP contribution in [0.15, 0.2) is 47.4 Å². The predicted octanol–water partition coefficient (Wildman–Crippen LogP) is 4.34. The van der Waals surface area contributed by atoms with Crippen LogP contribution in [0.1, 0.15) is 12.5 Å². The lowest BCUT2D eigenvalue weighted by atomic mass is 10.2. The largest absolute Gasteiger partial charge is 0.504 e. The number of hydrogen-bond donors (Lipinski definition) is 1. The third-order valence-electron chi connectivity index (χ3n) is 3.44. The van der Waals surface area contributed by atoms with Crippen molar-refractivity contribution in [3.05, 3.63) is 58.8 Å². The van der Waals surface area contributed by atoms with Gasteiger partial charge in [-0.05, 0) is 48.9 Å². The molecule has 0 saturated carbocycles. The van der Waals surface area contributed by atoms with Crippen LogP contribution in [0, 0.1) is 5.82 Å². The zero-order chi connectivity index (χ0) is 18.0. The van der Waals surface area contributed by atoms with Gasteiger partial charge in [-0.2, -0.15) is 0 Å². The van der Waals surface area contributed by atoms with Gasteiger partial charge in [0.25, 0.3) is 5.91 Å². The molecule has 1 saturated heterocycles. The Bertz CT molecular complexity index is 882. The van der Waals surface area contributed by atoms with Crippen molar-refractivity contribution in [1.29, 1.82) is 0 Å². The second-order valence-electron chi connectivity index (χ2n) is 5.16. The summed E-state index contributed by atoms with van der Waals surface area (Å²) in [4.78, 5) is 14.3. The first-order chi connectivity index (χ1) is 12.0. The lowest BCUT2D eigenvalue weighted by Crippen LogP contribution is -2.27. The van der Waals surface area contributed by atoms with Gasteiger partial charge >= 0.3 is 0 Å². The summed E-state index contributed by atoms with van der Waals surface area (Å²) in [5, 5.41) is 9.95. The van der Waals surface area contributed by atoms with E-state index >= 15 is 0 Å². The molecule has 0 atom stereocenters. The Morgan fingerprint density at radius 2 is 2.12 bits per heavy atom. The molecule has 1 amide bonds. The van der Waals surface area contributed by atoms with E-state index in [2.05, 4.69) is 0 Å². The molecule has 1 aliphatic rings. The zero-order valence-electron chi connectivity index (χ0n) is 13.2. The van der Waals surface area contributed by atoms with Crippen LogP contribution in [0.4, 0.5) is 10.1 Å². The third kappa shape index (κ3) is 3.67. The van der Waals surface area contributed by atoms with Crippen molar-refractivity contribution in [1.82, 2.24) is 0 Å². The maximum absolute atomic E-state index is 13.4. The number of nitrogens with zero attached hydrogens (tertiary/aromatic N) is 1. The Balaban J connectivity index is 1.89. The predicted molar refractivity (Wildman–Crippen MR) is 101 cm³/mol. The van der Waals surface area contributed by atoms with Crippen LogP contribution in [0.5, 0.6) is 11.5 Å². The smallest absolute Gasteiger partial charge is 0.270 e. The lowest BCUT2D eigenvalue weighted by molar-refractivity contribution is -0.113. The van der Waals surface area contributed by atoms with Gasteiger partial charge in [-0.1, -0.05) is 36.1 Å². The highest BCUT2D eigenvalue weighted by Crippen LogP contribution is 2.37. The number of ether oxygens (including phenoxy) is 1. The van der Waals surface area contributed by atoms with Gasteiger partial charge in [0.1, 0.15) is 5.82 Å².